The minimum atomic E-state index is -0.405. The molecule has 1 amide bonds. The molecule has 3 rings (SSSR count). The highest BCUT2D eigenvalue weighted by atomic mass is 16.5. The van der Waals surface area contributed by atoms with E-state index in [2.05, 4.69) is 22.2 Å². The van der Waals surface area contributed by atoms with Gasteiger partial charge in [0.15, 0.2) is 0 Å². The van der Waals surface area contributed by atoms with Crippen LogP contribution in [0.1, 0.15) is 47.5 Å². The van der Waals surface area contributed by atoms with Crippen molar-refractivity contribution >= 4 is 17.0 Å². The third-order valence-electron chi connectivity index (χ3n) is 4.46. The Hall–Kier alpha value is -3.09. The number of aromatic amines is 1. The van der Waals surface area contributed by atoms with Gasteiger partial charge in [0, 0.05) is 12.1 Å². The molecule has 2 N–H and O–H groups in total. The second kappa shape index (κ2) is 7.65. The van der Waals surface area contributed by atoms with Gasteiger partial charge in [0.05, 0.1) is 18.0 Å². The van der Waals surface area contributed by atoms with E-state index >= 15 is 0 Å². The van der Waals surface area contributed by atoms with Crippen molar-refractivity contribution < 1.29 is 13.9 Å². The van der Waals surface area contributed by atoms with Crippen LogP contribution in [-0.4, -0.2) is 22.0 Å². The number of rotatable bonds is 6. The Kier molecular flexibility index (Phi) is 5.30. The van der Waals surface area contributed by atoms with E-state index < -0.39 is 5.56 Å². The van der Waals surface area contributed by atoms with Gasteiger partial charge < -0.3 is 19.5 Å². The second-order valence-corrected chi connectivity index (χ2v) is 6.58. The molecule has 0 saturated carbocycles. The van der Waals surface area contributed by atoms with Gasteiger partial charge in [-0.05, 0) is 38.8 Å². The molecule has 27 heavy (non-hydrogen) atoms. The van der Waals surface area contributed by atoms with Gasteiger partial charge in [-0.3, -0.25) is 9.59 Å². The maximum atomic E-state index is 12.7. The Labute approximate surface area is 156 Å². The van der Waals surface area contributed by atoms with Gasteiger partial charge in [-0.2, -0.15) is 0 Å². The Morgan fingerprint density at radius 1 is 1.37 bits per heavy atom. The molecule has 2 heterocycles. The number of fused-ring (bicyclic) bond motifs is 1. The predicted octanol–water partition coefficient (Wildman–Crippen LogP) is 3.24. The summed E-state index contributed by atoms with van der Waals surface area (Å²) in [5, 5.41) is 3.01. The standard InChI is InChI=1S/C20H23N3O4/c1-5-12(3)26-15-8-11(2)6-7-14(15)9-21-18(24)16-13(4)27-20-17(16)19(25)22-10-23-20/h6-8,10,12H,5,9H2,1-4H3,(H,21,24)(H,22,23,25). The van der Waals surface area contributed by atoms with Crippen molar-refractivity contribution in [3.05, 3.63) is 57.3 Å². The van der Waals surface area contributed by atoms with Gasteiger partial charge in [-0.25, -0.2) is 4.98 Å². The fraction of sp³-hybridized carbons (Fsp3) is 0.350. The summed E-state index contributed by atoms with van der Waals surface area (Å²) in [5.74, 6) is 0.712. The molecule has 1 unspecified atom stereocenters. The van der Waals surface area contributed by atoms with Crippen LogP contribution in [0, 0.1) is 13.8 Å². The molecule has 0 radical (unpaired) electrons. The number of amides is 1. The molecule has 0 bridgehead atoms. The van der Waals surface area contributed by atoms with E-state index in [1.165, 1.54) is 6.33 Å². The van der Waals surface area contributed by atoms with Crippen LogP contribution in [0.5, 0.6) is 5.75 Å². The number of hydrogen-bond acceptors (Lipinski definition) is 5. The van der Waals surface area contributed by atoms with E-state index in [0.29, 0.717) is 5.76 Å². The molecule has 0 spiro atoms. The number of hydrogen-bond donors (Lipinski definition) is 2. The number of nitrogens with one attached hydrogen (secondary N) is 2. The zero-order chi connectivity index (χ0) is 19.6. The van der Waals surface area contributed by atoms with Gasteiger partial charge in [0.25, 0.3) is 11.5 Å². The first-order valence-corrected chi connectivity index (χ1v) is 8.91. The minimum absolute atomic E-state index is 0.0750. The van der Waals surface area contributed by atoms with Crippen molar-refractivity contribution in [1.29, 1.82) is 0 Å². The van der Waals surface area contributed by atoms with Crippen molar-refractivity contribution in [2.24, 2.45) is 0 Å². The third-order valence-corrected chi connectivity index (χ3v) is 4.46. The molecule has 2 aromatic heterocycles. The normalized spacial score (nSPS) is 12.1. The van der Waals surface area contributed by atoms with Crippen molar-refractivity contribution in [1.82, 2.24) is 15.3 Å². The van der Waals surface area contributed by atoms with Gasteiger partial charge in [-0.1, -0.05) is 19.1 Å². The van der Waals surface area contributed by atoms with E-state index in [0.717, 1.165) is 23.3 Å². The van der Waals surface area contributed by atoms with Crippen LogP contribution in [0.25, 0.3) is 11.1 Å². The Morgan fingerprint density at radius 3 is 2.89 bits per heavy atom. The lowest BCUT2D eigenvalue weighted by atomic mass is 10.1. The summed E-state index contributed by atoms with van der Waals surface area (Å²) in [6, 6.07) is 5.86. The molecule has 0 aliphatic heterocycles. The molecule has 0 aliphatic rings. The molecule has 3 aromatic rings. The predicted molar refractivity (Wildman–Crippen MR) is 102 cm³/mol. The van der Waals surface area contributed by atoms with Crippen LogP contribution in [0.4, 0.5) is 0 Å². The summed E-state index contributed by atoms with van der Waals surface area (Å²) in [7, 11) is 0. The fourth-order valence-electron chi connectivity index (χ4n) is 2.81. The highest BCUT2D eigenvalue weighted by Gasteiger charge is 2.21. The largest absolute Gasteiger partial charge is 0.490 e. The van der Waals surface area contributed by atoms with Crippen LogP contribution in [0.2, 0.25) is 0 Å². The fourth-order valence-corrected chi connectivity index (χ4v) is 2.81. The van der Waals surface area contributed by atoms with Crippen molar-refractivity contribution in [2.75, 3.05) is 0 Å². The zero-order valence-corrected chi connectivity index (χ0v) is 15.9. The van der Waals surface area contributed by atoms with E-state index in [1.807, 2.05) is 32.0 Å². The molecule has 0 saturated heterocycles. The molecule has 142 valence electrons. The molecular weight excluding hydrogens is 346 g/mol. The van der Waals surface area contributed by atoms with Crippen LogP contribution in [-0.2, 0) is 6.54 Å². The highest BCUT2D eigenvalue weighted by molar-refractivity contribution is 6.06. The molecule has 1 aromatic carbocycles. The molecular formula is C20H23N3O4. The van der Waals surface area contributed by atoms with E-state index in [-0.39, 0.29) is 35.2 Å². The first kappa shape index (κ1) is 18.7. The van der Waals surface area contributed by atoms with Crippen molar-refractivity contribution in [3.8, 4) is 5.75 Å². The summed E-state index contributed by atoms with van der Waals surface area (Å²) in [6.07, 6.45) is 2.21. The molecule has 1 atom stereocenters. The van der Waals surface area contributed by atoms with E-state index in [1.54, 1.807) is 6.92 Å². The van der Waals surface area contributed by atoms with E-state index in [4.69, 9.17) is 9.15 Å². The smallest absolute Gasteiger partial charge is 0.262 e. The summed E-state index contributed by atoms with van der Waals surface area (Å²) < 4.78 is 11.4. The lowest BCUT2D eigenvalue weighted by Crippen LogP contribution is -2.25. The number of aromatic nitrogens is 2. The van der Waals surface area contributed by atoms with Crippen molar-refractivity contribution in [2.45, 2.75) is 46.8 Å². The van der Waals surface area contributed by atoms with Crippen LogP contribution in [0.3, 0.4) is 0 Å². The van der Waals surface area contributed by atoms with Gasteiger partial charge in [0.1, 0.15) is 16.9 Å². The van der Waals surface area contributed by atoms with Crippen molar-refractivity contribution in [3.63, 3.8) is 0 Å². The first-order valence-electron chi connectivity index (χ1n) is 8.91. The highest BCUT2D eigenvalue weighted by Crippen LogP contribution is 2.24. The first-order chi connectivity index (χ1) is 12.9. The zero-order valence-electron chi connectivity index (χ0n) is 15.9. The lowest BCUT2D eigenvalue weighted by Gasteiger charge is -2.17. The number of carbonyl (C=O) groups excluding carboxylic acids is 1. The monoisotopic (exact) mass is 369 g/mol. The lowest BCUT2D eigenvalue weighted by molar-refractivity contribution is 0.0950. The Bertz CT molecular complexity index is 1040. The number of ether oxygens (including phenoxy) is 1. The third kappa shape index (κ3) is 3.86. The summed E-state index contributed by atoms with van der Waals surface area (Å²) in [6.45, 7) is 7.96. The topological polar surface area (TPSA) is 97.2 Å². The summed E-state index contributed by atoms with van der Waals surface area (Å²) >= 11 is 0. The molecule has 7 heteroatoms. The average molecular weight is 369 g/mol. The second-order valence-electron chi connectivity index (χ2n) is 6.58. The average Bonchev–Trinajstić information content (AvgIpc) is 2.98. The number of nitrogens with zero attached hydrogens (tertiary/aromatic N) is 1. The maximum absolute atomic E-state index is 12.7. The Balaban J connectivity index is 1.85. The number of H-pyrrole nitrogens is 1. The molecule has 7 nitrogen and oxygen atoms in total. The summed E-state index contributed by atoms with van der Waals surface area (Å²) in [5.41, 5.74) is 1.90. The maximum Gasteiger partial charge on any atom is 0.262 e. The number of aryl methyl sites for hydroxylation is 2. The van der Waals surface area contributed by atoms with Gasteiger partial charge in [0.2, 0.25) is 5.71 Å². The number of carbonyl (C=O) groups is 1. The number of furan rings is 1. The Morgan fingerprint density at radius 2 is 2.15 bits per heavy atom. The molecule has 0 fully saturated rings. The van der Waals surface area contributed by atoms with Crippen LogP contribution < -0.4 is 15.6 Å². The van der Waals surface area contributed by atoms with Crippen LogP contribution >= 0.6 is 0 Å². The van der Waals surface area contributed by atoms with Gasteiger partial charge in [-0.15, -0.1) is 0 Å². The summed E-state index contributed by atoms with van der Waals surface area (Å²) in [4.78, 5) is 31.3. The quantitative estimate of drug-likeness (QED) is 0.695. The SMILES string of the molecule is CCC(C)Oc1cc(C)ccc1CNC(=O)c1c(C)oc2nc[nH]c(=O)c12. The van der Waals surface area contributed by atoms with E-state index in [9.17, 15) is 9.59 Å². The molecule has 0 aliphatic carbocycles. The number of benzene rings is 1. The van der Waals surface area contributed by atoms with Gasteiger partial charge >= 0.3 is 0 Å². The minimum Gasteiger partial charge on any atom is -0.490 e. The van der Waals surface area contributed by atoms with Crippen LogP contribution in [0.15, 0.2) is 33.7 Å².